The van der Waals surface area contributed by atoms with Crippen molar-refractivity contribution in [1.82, 2.24) is 4.98 Å². The number of nitrogens with zero attached hydrogens (tertiary/aromatic N) is 1. The molecule has 2 aromatic heterocycles. The standard InChI is InChI=1S/C13H10BrN3O2S2/c14-9-6-12(13(15)16-7-9)21(18,19)17-10-1-2-11-8(5-10)3-4-20-11/h1-7,17H,(H2,15,16). The van der Waals surface area contributed by atoms with Crippen LogP contribution in [0.1, 0.15) is 0 Å². The van der Waals surface area contributed by atoms with Crippen LogP contribution in [0.25, 0.3) is 10.1 Å². The molecule has 0 saturated carbocycles. The highest BCUT2D eigenvalue weighted by Gasteiger charge is 2.19. The summed E-state index contributed by atoms with van der Waals surface area (Å²) in [5.41, 5.74) is 6.14. The van der Waals surface area contributed by atoms with Gasteiger partial charge in [-0.25, -0.2) is 13.4 Å². The topological polar surface area (TPSA) is 85.1 Å². The van der Waals surface area contributed by atoms with E-state index < -0.39 is 10.0 Å². The summed E-state index contributed by atoms with van der Waals surface area (Å²) in [5.74, 6) is -0.0395. The number of nitrogens with one attached hydrogen (secondary N) is 1. The van der Waals surface area contributed by atoms with E-state index in [2.05, 4.69) is 25.6 Å². The molecule has 0 fully saturated rings. The van der Waals surface area contributed by atoms with Gasteiger partial charge in [-0.05, 0) is 57.0 Å². The van der Waals surface area contributed by atoms with E-state index in [0.717, 1.165) is 10.1 Å². The van der Waals surface area contributed by atoms with Crippen LogP contribution in [-0.2, 0) is 10.0 Å². The fraction of sp³-hybridized carbons (Fsp3) is 0. The minimum absolute atomic E-state index is 0.0395. The first-order valence-electron chi connectivity index (χ1n) is 5.87. The van der Waals surface area contributed by atoms with Crippen molar-refractivity contribution in [1.29, 1.82) is 0 Å². The number of rotatable bonds is 3. The van der Waals surface area contributed by atoms with Gasteiger partial charge in [0, 0.05) is 21.1 Å². The number of hydrogen-bond donors (Lipinski definition) is 2. The molecule has 0 aliphatic rings. The molecule has 0 bridgehead atoms. The van der Waals surface area contributed by atoms with Crippen LogP contribution in [0.5, 0.6) is 0 Å². The van der Waals surface area contributed by atoms with E-state index in [-0.39, 0.29) is 10.7 Å². The van der Waals surface area contributed by atoms with Crippen molar-refractivity contribution in [3.05, 3.63) is 46.4 Å². The van der Waals surface area contributed by atoms with Crippen molar-refractivity contribution in [3.8, 4) is 0 Å². The summed E-state index contributed by atoms with van der Waals surface area (Å²) in [6, 6.07) is 8.74. The second-order valence-corrected chi connectivity index (χ2v) is 7.83. The van der Waals surface area contributed by atoms with Crippen LogP contribution >= 0.6 is 27.3 Å². The molecule has 21 heavy (non-hydrogen) atoms. The van der Waals surface area contributed by atoms with E-state index in [4.69, 9.17) is 5.73 Å². The number of anilines is 2. The molecule has 0 spiro atoms. The summed E-state index contributed by atoms with van der Waals surface area (Å²) >= 11 is 4.79. The predicted molar refractivity (Wildman–Crippen MR) is 89.0 cm³/mol. The molecule has 2 heterocycles. The number of sulfonamides is 1. The van der Waals surface area contributed by atoms with Gasteiger partial charge in [0.15, 0.2) is 0 Å². The first-order chi connectivity index (χ1) is 9.95. The second kappa shape index (κ2) is 5.28. The molecule has 8 heteroatoms. The lowest BCUT2D eigenvalue weighted by Crippen LogP contribution is -2.15. The number of halogens is 1. The molecule has 0 atom stereocenters. The largest absolute Gasteiger partial charge is 0.383 e. The fourth-order valence-corrected chi connectivity index (χ4v) is 4.30. The molecule has 3 rings (SSSR count). The Morgan fingerprint density at radius 3 is 2.86 bits per heavy atom. The number of nitrogen functional groups attached to an aromatic ring is 1. The monoisotopic (exact) mass is 383 g/mol. The minimum atomic E-state index is -3.78. The van der Waals surface area contributed by atoms with Crippen LogP contribution in [0.15, 0.2) is 51.3 Å². The maximum absolute atomic E-state index is 12.4. The number of benzene rings is 1. The van der Waals surface area contributed by atoms with Crippen molar-refractivity contribution >= 4 is 58.9 Å². The van der Waals surface area contributed by atoms with E-state index >= 15 is 0 Å². The Balaban J connectivity index is 2.00. The summed E-state index contributed by atoms with van der Waals surface area (Å²) in [7, 11) is -3.78. The Morgan fingerprint density at radius 1 is 1.24 bits per heavy atom. The lowest BCUT2D eigenvalue weighted by Gasteiger charge is -2.10. The lowest BCUT2D eigenvalue weighted by molar-refractivity contribution is 0.601. The minimum Gasteiger partial charge on any atom is -0.383 e. The zero-order chi connectivity index (χ0) is 15.0. The Morgan fingerprint density at radius 2 is 2.05 bits per heavy atom. The molecule has 0 unspecified atom stereocenters. The van der Waals surface area contributed by atoms with Crippen LogP contribution in [0.3, 0.4) is 0 Å². The van der Waals surface area contributed by atoms with Gasteiger partial charge >= 0.3 is 0 Å². The summed E-state index contributed by atoms with van der Waals surface area (Å²) in [6.45, 7) is 0. The molecule has 1 aromatic carbocycles. The van der Waals surface area contributed by atoms with Crippen molar-refractivity contribution in [3.63, 3.8) is 0 Å². The summed E-state index contributed by atoms with van der Waals surface area (Å²) in [6.07, 6.45) is 1.45. The highest BCUT2D eigenvalue weighted by molar-refractivity contribution is 9.10. The molecule has 3 aromatic rings. The van der Waals surface area contributed by atoms with Gasteiger partial charge in [0.25, 0.3) is 10.0 Å². The number of aromatic nitrogens is 1. The number of thiophene rings is 1. The van der Waals surface area contributed by atoms with Crippen LogP contribution in [0.4, 0.5) is 11.5 Å². The molecule has 0 saturated heterocycles. The molecule has 108 valence electrons. The molecule has 0 aliphatic heterocycles. The summed E-state index contributed by atoms with van der Waals surface area (Å²) < 4.78 is 29.0. The molecule has 3 N–H and O–H groups in total. The first kappa shape index (κ1) is 14.3. The molecule has 0 aliphatic carbocycles. The Bertz CT molecular complexity index is 922. The first-order valence-corrected chi connectivity index (χ1v) is 9.02. The SMILES string of the molecule is Nc1ncc(Br)cc1S(=O)(=O)Nc1ccc2sccc2c1. The van der Waals surface area contributed by atoms with Gasteiger partial charge in [0.1, 0.15) is 10.7 Å². The highest BCUT2D eigenvalue weighted by Crippen LogP contribution is 2.27. The fourth-order valence-electron chi connectivity index (χ4n) is 1.89. The Labute approximate surface area is 134 Å². The lowest BCUT2D eigenvalue weighted by atomic mass is 10.2. The third kappa shape index (κ3) is 2.87. The molecular weight excluding hydrogens is 374 g/mol. The number of fused-ring (bicyclic) bond motifs is 1. The van der Waals surface area contributed by atoms with E-state index in [9.17, 15) is 8.42 Å². The average molecular weight is 384 g/mol. The van der Waals surface area contributed by atoms with Gasteiger partial charge < -0.3 is 5.73 Å². The van der Waals surface area contributed by atoms with Crippen LogP contribution in [0.2, 0.25) is 0 Å². The maximum Gasteiger partial charge on any atom is 0.265 e. The Kier molecular flexibility index (Phi) is 3.60. The second-order valence-electron chi connectivity index (χ2n) is 4.32. The van der Waals surface area contributed by atoms with Gasteiger partial charge in [-0.3, -0.25) is 4.72 Å². The molecule has 5 nitrogen and oxygen atoms in total. The zero-order valence-electron chi connectivity index (χ0n) is 10.6. The van der Waals surface area contributed by atoms with Crippen molar-refractivity contribution in [2.45, 2.75) is 4.90 Å². The number of nitrogens with two attached hydrogens (primary N) is 1. The quantitative estimate of drug-likeness (QED) is 0.725. The smallest absolute Gasteiger partial charge is 0.265 e. The van der Waals surface area contributed by atoms with Crippen LogP contribution < -0.4 is 10.5 Å². The van der Waals surface area contributed by atoms with Gasteiger partial charge in [-0.1, -0.05) is 0 Å². The van der Waals surface area contributed by atoms with Gasteiger partial charge in [-0.2, -0.15) is 0 Å². The van der Waals surface area contributed by atoms with Crippen molar-refractivity contribution in [2.75, 3.05) is 10.5 Å². The third-order valence-electron chi connectivity index (χ3n) is 2.84. The normalized spacial score (nSPS) is 11.7. The third-order valence-corrected chi connectivity index (χ3v) is 5.58. The van der Waals surface area contributed by atoms with Crippen molar-refractivity contribution in [2.24, 2.45) is 0 Å². The summed E-state index contributed by atoms with van der Waals surface area (Å²) in [4.78, 5) is 3.79. The number of pyridine rings is 1. The Hall–Kier alpha value is -1.64. The van der Waals surface area contributed by atoms with Crippen LogP contribution in [-0.4, -0.2) is 13.4 Å². The van der Waals surface area contributed by atoms with Crippen molar-refractivity contribution < 1.29 is 8.42 Å². The number of hydrogen-bond acceptors (Lipinski definition) is 5. The molecule has 0 amide bonds. The van der Waals surface area contributed by atoms with E-state index in [0.29, 0.717) is 10.2 Å². The molecular formula is C13H10BrN3O2S2. The highest BCUT2D eigenvalue weighted by atomic mass is 79.9. The van der Waals surface area contributed by atoms with E-state index in [1.165, 1.54) is 12.3 Å². The van der Waals surface area contributed by atoms with Gasteiger partial charge in [0.05, 0.1) is 0 Å². The maximum atomic E-state index is 12.4. The van der Waals surface area contributed by atoms with Crippen LogP contribution in [0, 0.1) is 0 Å². The molecule has 0 radical (unpaired) electrons. The van der Waals surface area contributed by atoms with Gasteiger partial charge in [0.2, 0.25) is 0 Å². The predicted octanol–water partition coefficient (Wildman–Crippen LogP) is 3.44. The average Bonchev–Trinajstić information content (AvgIpc) is 2.88. The summed E-state index contributed by atoms with van der Waals surface area (Å²) in [5, 5.41) is 2.94. The van der Waals surface area contributed by atoms with E-state index in [1.54, 1.807) is 23.5 Å². The van der Waals surface area contributed by atoms with E-state index in [1.807, 2.05) is 17.5 Å². The zero-order valence-corrected chi connectivity index (χ0v) is 13.8. The van der Waals surface area contributed by atoms with Gasteiger partial charge in [-0.15, -0.1) is 11.3 Å².